The van der Waals surface area contributed by atoms with Gasteiger partial charge in [0.2, 0.25) is 11.8 Å². The number of benzene rings is 1. The fraction of sp³-hybridized carbons (Fsp3) is 0.529. The highest BCUT2D eigenvalue weighted by molar-refractivity contribution is 9.10. The standard InChI is InChI=1S/C17H20BrF3N2O2/c1-23(10-15(24)22-14-9-5-4-8-13(14)18)16(25)11-6-2-3-7-12(11)17(19,20)21/h4-5,8-9,11-12H,2-3,6-7,10H2,1H3,(H,22,24). The Kier molecular flexibility index (Phi) is 6.48. The van der Waals surface area contributed by atoms with E-state index >= 15 is 0 Å². The molecule has 138 valence electrons. The summed E-state index contributed by atoms with van der Waals surface area (Å²) in [5, 5.41) is 2.64. The van der Waals surface area contributed by atoms with Gasteiger partial charge in [0.15, 0.2) is 0 Å². The smallest absolute Gasteiger partial charge is 0.336 e. The van der Waals surface area contributed by atoms with E-state index in [1.54, 1.807) is 24.3 Å². The average molecular weight is 421 g/mol. The van der Waals surface area contributed by atoms with Crippen LogP contribution in [0.1, 0.15) is 25.7 Å². The third-order valence-electron chi connectivity index (χ3n) is 4.41. The van der Waals surface area contributed by atoms with Crippen LogP contribution in [-0.4, -0.2) is 36.5 Å². The molecule has 2 amide bonds. The Balaban J connectivity index is 1.99. The van der Waals surface area contributed by atoms with Gasteiger partial charge in [0.25, 0.3) is 0 Å². The van der Waals surface area contributed by atoms with Crippen molar-refractivity contribution in [3.05, 3.63) is 28.7 Å². The maximum absolute atomic E-state index is 13.2. The average Bonchev–Trinajstić information content (AvgIpc) is 2.55. The Morgan fingerprint density at radius 1 is 1.24 bits per heavy atom. The van der Waals surface area contributed by atoms with Gasteiger partial charge in [-0.3, -0.25) is 9.59 Å². The highest BCUT2D eigenvalue weighted by atomic mass is 79.9. The van der Waals surface area contributed by atoms with Gasteiger partial charge < -0.3 is 10.2 Å². The topological polar surface area (TPSA) is 49.4 Å². The summed E-state index contributed by atoms with van der Waals surface area (Å²) in [5.41, 5.74) is 0.541. The number of amides is 2. The molecule has 0 saturated heterocycles. The Bertz CT molecular complexity index is 637. The molecule has 1 saturated carbocycles. The van der Waals surface area contributed by atoms with Crippen LogP contribution in [-0.2, 0) is 9.59 Å². The minimum atomic E-state index is -4.39. The molecule has 1 aliphatic rings. The minimum absolute atomic E-state index is 0.0308. The molecule has 1 aromatic carbocycles. The van der Waals surface area contributed by atoms with E-state index in [0.717, 1.165) is 4.90 Å². The fourth-order valence-corrected chi connectivity index (χ4v) is 3.53. The van der Waals surface area contributed by atoms with Gasteiger partial charge in [-0.05, 0) is 40.9 Å². The summed E-state index contributed by atoms with van der Waals surface area (Å²) in [7, 11) is 1.37. The second-order valence-corrected chi connectivity index (χ2v) is 7.12. The monoisotopic (exact) mass is 420 g/mol. The van der Waals surface area contributed by atoms with E-state index in [-0.39, 0.29) is 19.4 Å². The molecule has 0 radical (unpaired) electrons. The number of hydrogen-bond donors (Lipinski definition) is 1. The second kappa shape index (κ2) is 8.21. The maximum atomic E-state index is 13.2. The van der Waals surface area contributed by atoms with Gasteiger partial charge in [-0.1, -0.05) is 25.0 Å². The van der Waals surface area contributed by atoms with Crippen molar-refractivity contribution in [1.82, 2.24) is 4.90 Å². The molecule has 2 unspecified atom stereocenters. The lowest BCUT2D eigenvalue weighted by atomic mass is 9.78. The van der Waals surface area contributed by atoms with Gasteiger partial charge in [-0.2, -0.15) is 13.2 Å². The predicted molar refractivity (Wildman–Crippen MR) is 91.9 cm³/mol. The van der Waals surface area contributed by atoms with Gasteiger partial charge in [0.05, 0.1) is 18.2 Å². The van der Waals surface area contributed by atoms with E-state index in [9.17, 15) is 22.8 Å². The van der Waals surface area contributed by atoms with E-state index in [4.69, 9.17) is 0 Å². The number of carbonyl (C=O) groups excluding carboxylic acids is 2. The third-order valence-corrected chi connectivity index (χ3v) is 5.10. The molecular formula is C17H20BrF3N2O2. The van der Waals surface area contributed by atoms with Crippen LogP contribution in [0.15, 0.2) is 28.7 Å². The number of alkyl halides is 3. The molecule has 25 heavy (non-hydrogen) atoms. The molecular weight excluding hydrogens is 401 g/mol. The summed E-state index contributed by atoms with van der Waals surface area (Å²) in [6, 6.07) is 6.96. The largest absolute Gasteiger partial charge is 0.392 e. The summed E-state index contributed by atoms with van der Waals surface area (Å²) < 4.78 is 40.1. The Hall–Kier alpha value is -1.57. The number of para-hydroxylation sites is 1. The summed E-state index contributed by atoms with van der Waals surface area (Å²) in [6.07, 6.45) is -3.14. The minimum Gasteiger partial charge on any atom is -0.336 e. The van der Waals surface area contributed by atoms with E-state index in [2.05, 4.69) is 21.2 Å². The zero-order valence-electron chi connectivity index (χ0n) is 13.8. The van der Waals surface area contributed by atoms with Crippen molar-refractivity contribution in [1.29, 1.82) is 0 Å². The molecule has 1 aromatic rings. The van der Waals surface area contributed by atoms with Crippen LogP contribution in [0.5, 0.6) is 0 Å². The zero-order valence-corrected chi connectivity index (χ0v) is 15.4. The number of halogens is 4. The summed E-state index contributed by atoms with van der Waals surface area (Å²) >= 11 is 3.29. The lowest BCUT2D eigenvalue weighted by Crippen LogP contribution is -2.45. The molecule has 0 aromatic heterocycles. The van der Waals surface area contributed by atoms with Crippen LogP contribution < -0.4 is 5.32 Å². The van der Waals surface area contributed by atoms with Crippen LogP contribution in [0.2, 0.25) is 0 Å². The van der Waals surface area contributed by atoms with Gasteiger partial charge >= 0.3 is 6.18 Å². The van der Waals surface area contributed by atoms with Gasteiger partial charge in [-0.25, -0.2) is 0 Å². The second-order valence-electron chi connectivity index (χ2n) is 6.26. The first kappa shape index (κ1) is 19.8. The van der Waals surface area contributed by atoms with Gasteiger partial charge in [0.1, 0.15) is 0 Å². The SMILES string of the molecule is CN(CC(=O)Nc1ccccc1Br)C(=O)C1CCCCC1C(F)(F)F. The van der Waals surface area contributed by atoms with Crippen LogP contribution in [0, 0.1) is 11.8 Å². The highest BCUT2D eigenvalue weighted by Crippen LogP contribution is 2.42. The number of likely N-dealkylation sites (N-methyl/N-ethyl adjacent to an activating group) is 1. The first-order valence-corrected chi connectivity index (χ1v) is 8.85. The molecule has 0 bridgehead atoms. The van der Waals surface area contributed by atoms with Crippen LogP contribution in [0.25, 0.3) is 0 Å². The van der Waals surface area contributed by atoms with Crippen molar-refractivity contribution in [2.24, 2.45) is 11.8 Å². The Morgan fingerprint density at radius 2 is 1.88 bits per heavy atom. The molecule has 8 heteroatoms. The van der Waals surface area contributed by atoms with E-state index in [1.165, 1.54) is 7.05 Å². The zero-order chi connectivity index (χ0) is 18.6. The quantitative estimate of drug-likeness (QED) is 0.792. The first-order valence-electron chi connectivity index (χ1n) is 8.06. The lowest BCUT2D eigenvalue weighted by molar-refractivity contribution is -0.200. The van der Waals surface area contributed by atoms with Crippen LogP contribution in [0.3, 0.4) is 0 Å². The van der Waals surface area contributed by atoms with E-state index in [0.29, 0.717) is 23.0 Å². The summed E-state index contributed by atoms with van der Waals surface area (Å²) in [5.74, 6) is -3.80. The van der Waals surface area contributed by atoms with E-state index < -0.39 is 29.8 Å². The number of carbonyl (C=O) groups is 2. The number of hydrogen-bond acceptors (Lipinski definition) is 2. The molecule has 0 aliphatic heterocycles. The number of nitrogens with zero attached hydrogens (tertiary/aromatic N) is 1. The number of rotatable bonds is 4. The molecule has 1 N–H and O–H groups in total. The molecule has 1 aliphatic carbocycles. The van der Waals surface area contributed by atoms with Crippen LogP contribution in [0.4, 0.5) is 18.9 Å². The van der Waals surface area contributed by atoms with E-state index in [1.807, 2.05) is 0 Å². The Labute approximate surface area is 152 Å². The molecule has 2 rings (SSSR count). The number of nitrogens with one attached hydrogen (secondary N) is 1. The summed E-state index contributed by atoms with van der Waals surface area (Å²) in [4.78, 5) is 25.6. The van der Waals surface area contributed by atoms with Crippen molar-refractivity contribution >= 4 is 33.4 Å². The van der Waals surface area contributed by atoms with Gasteiger partial charge in [-0.15, -0.1) is 0 Å². The Morgan fingerprint density at radius 3 is 2.52 bits per heavy atom. The summed E-state index contributed by atoms with van der Waals surface area (Å²) in [6.45, 7) is -0.290. The van der Waals surface area contributed by atoms with Crippen molar-refractivity contribution < 1.29 is 22.8 Å². The molecule has 0 heterocycles. The van der Waals surface area contributed by atoms with Crippen molar-refractivity contribution in [3.8, 4) is 0 Å². The van der Waals surface area contributed by atoms with Crippen molar-refractivity contribution in [2.45, 2.75) is 31.9 Å². The predicted octanol–water partition coefficient (Wildman–Crippen LogP) is 4.21. The normalized spacial score (nSPS) is 20.8. The van der Waals surface area contributed by atoms with Gasteiger partial charge in [0, 0.05) is 17.4 Å². The first-order chi connectivity index (χ1) is 11.7. The molecule has 4 nitrogen and oxygen atoms in total. The van der Waals surface area contributed by atoms with Crippen molar-refractivity contribution in [2.75, 3.05) is 18.9 Å². The maximum Gasteiger partial charge on any atom is 0.392 e. The fourth-order valence-electron chi connectivity index (χ4n) is 3.15. The molecule has 2 atom stereocenters. The highest BCUT2D eigenvalue weighted by Gasteiger charge is 2.48. The van der Waals surface area contributed by atoms with Crippen LogP contribution >= 0.6 is 15.9 Å². The van der Waals surface area contributed by atoms with Crippen molar-refractivity contribution in [3.63, 3.8) is 0 Å². The lowest BCUT2D eigenvalue weighted by Gasteiger charge is -2.34. The number of anilines is 1. The molecule has 1 fully saturated rings. The third kappa shape index (κ3) is 5.20. The molecule has 0 spiro atoms.